The third kappa shape index (κ3) is 3.41. The maximum atomic E-state index is 12.4. The Labute approximate surface area is 134 Å². The Kier molecular flexibility index (Phi) is 4.40. The first-order valence-electron chi connectivity index (χ1n) is 7.52. The lowest BCUT2D eigenvalue weighted by Gasteiger charge is -2.21. The molecule has 1 aliphatic heterocycles. The SMILES string of the molecule is COc1ccnc(N2CCCN(C(=O)c3cc(C)on3)CC2)n1. The van der Waals surface area contributed by atoms with Crippen molar-refractivity contribution in [1.29, 1.82) is 0 Å². The van der Waals surface area contributed by atoms with Gasteiger partial charge in [-0.05, 0) is 13.3 Å². The second-order valence-electron chi connectivity index (χ2n) is 5.35. The van der Waals surface area contributed by atoms with Crippen LogP contribution in [0.5, 0.6) is 5.88 Å². The molecule has 2 aromatic rings. The fraction of sp³-hybridized carbons (Fsp3) is 0.467. The number of aromatic nitrogens is 3. The predicted octanol–water partition coefficient (Wildman–Crippen LogP) is 1.13. The molecule has 1 amide bonds. The van der Waals surface area contributed by atoms with Crippen LogP contribution in [0.2, 0.25) is 0 Å². The Morgan fingerprint density at radius 3 is 2.91 bits per heavy atom. The number of carbonyl (C=O) groups is 1. The van der Waals surface area contributed by atoms with Gasteiger partial charge in [-0.2, -0.15) is 4.98 Å². The Hall–Kier alpha value is -2.64. The van der Waals surface area contributed by atoms with Crippen LogP contribution in [0.15, 0.2) is 22.9 Å². The molecule has 0 spiro atoms. The van der Waals surface area contributed by atoms with Gasteiger partial charge in [0, 0.05) is 44.5 Å². The van der Waals surface area contributed by atoms with E-state index in [9.17, 15) is 4.79 Å². The van der Waals surface area contributed by atoms with Crippen LogP contribution >= 0.6 is 0 Å². The first-order chi connectivity index (χ1) is 11.2. The summed E-state index contributed by atoms with van der Waals surface area (Å²) in [5, 5.41) is 3.80. The van der Waals surface area contributed by atoms with Crippen molar-refractivity contribution in [3.63, 3.8) is 0 Å². The van der Waals surface area contributed by atoms with E-state index in [-0.39, 0.29) is 5.91 Å². The van der Waals surface area contributed by atoms with Gasteiger partial charge in [-0.3, -0.25) is 4.79 Å². The summed E-state index contributed by atoms with van der Waals surface area (Å²) in [6, 6.07) is 3.38. The molecule has 23 heavy (non-hydrogen) atoms. The van der Waals surface area contributed by atoms with E-state index in [1.807, 2.05) is 0 Å². The monoisotopic (exact) mass is 317 g/mol. The molecule has 2 aromatic heterocycles. The number of hydrogen-bond acceptors (Lipinski definition) is 7. The molecule has 1 saturated heterocycles. The van der Waals surface area contributed by atoms with Crippen molar-refractivity contribution in [3.05, 3.63) is 29.8 Å². The van der Waals surface area contributed by atoms with Crippen LogP contribution in [0.25, 0.3) is 0 Å². The zero-order valence-corrected chi connectivity index (χ0v) is 13.2. The van der Waals surface area contributed by atoms with Gasteiger partial charge >= 0.3 is 0 Å². The summed E-state index contributed by atoms with van der Waals surface area (Å²) in [6.07, 6.45) is 2.51. The maximum Gasteiger partial charge on any atom is 0.276 e. The van der Waals surface area contributed by atoms with E-state index < -0.39 is 0 Å². The van der Waals surface area contributed by atoms with Gasteiger partial charge in [0.05, 0.1) is 7.11 Å². The summed E-state index contributed by atoms with van der Waals surface area (Å²) in [7, 11) is 1.58. The van der Waals surface area contributed by atoms with Crippen LogP contribution in [0, 0.1) is 6.92 Å². The number of methoxy groups -OCH3 is 1. The molecular weight excluding hydrogens is 298 g/mol. The van der Waals surface area contributed by atoms with Crippen molar-refractivity contribution in [2.24, 2.45) is 0 Å². The van der Waals surface area contributed by atoms with E-state index in [1.165, 1.54) is 0 Å². The summed E-state index contributed by atoms with van der Waals surface area (Å²) >= 11 is 0. The quantitative estimate of drug-likeness (QED) is 0.839. The first kappa shape index (κ1) is 15.3. The number of ether oxygens (including phenoxy) is 1. The lowest BCUT2D eigenvalue weighted by Crippen LogP contribution is -2.35. The van der Waals surface area contributed by atoms with Crippen LogP contribution in [0.3, 0.4) is 0 Å². The molecule has 0 N–H and O–H groups in total. The molecule has 0 radical (unpaired) electrons. The highest BCUT2D eigenvalue weighted by Gasteiger charge is 2.23. The fourth-order valence-electron chi connectivity index (χ4n) is 2.55. The molecule has 3 rings (SSSR count). The number of anilines is 1. The fourth-order valence-corrected chi connectivity index (χ4v) is 2.55. The molecule has 8 nitrogen and oxygen atoms in total. The summed E-state index contributed by atoms with van der Waals surface area (Å²) in [5.41, 5.74) is 0.355. The van der Waals surface area contributed by atoms with Crippen LogP contribution in [0.1, 0.15) is 22.7 Å². The normalized spacial score (nSPS) is 15.4. The van der Waals surface area contributed by atoms with E-state index in [1.54, 1.807) is 37.3 Å². The minimum atomic E-state index is -0.102. The lowest BCUT2D eigenvalue weighted by molar-refractivity contribution is 0.0756. The van der Waals surface area contributed by atoms with Crippen molar-refractivity contribution >= 4 is 11.9 Å². The molecule has 0 aromatic carbocycles. The molecular formula is C15H19N5O3. The molecule has 3 heterocycles. The number of hydrogen-bond donors (Lipinski definition) is 0. The van der Waals surface area contributed by atoms with E-state index >= 15 is 0 Å². The van der Waals surface area contributed by atoms with Crippen LogP contribution in [0.4, 0.5) is 5.95 Å². The van der Waals surface area contributed by atoms with Gasteiger partial charge in [0.1, 0.15) is 5.76 Å². The van der Waals surface area contributed by atoms with Gasteiger partial charge in [0.2, 0.25) is 11.8 Å². The highest BCUT2D eigenvalue weighted by Crippen LogP contribution is 2.16. The Bertz CT molecular complexity index is 687. The number of nitrogens with zero attached hydrogens (tertiary/aromatic N) is 5. The Balaban J connectivity index is 1.68. The molecule has 122 valence electrons. The summed E-state index contributed by atoms with van der Waals surface area (Å²) in [5.74, 6) is 1.69. The molecule has 8 heteroatoms. The first-order valence-corrected chi connectivity index (χ1v) is 7.52. The van der Waals surface area contributed by atoms with E-state index in [4.69, 9.17) is 9.26 Å². The molecule has 1 aliphatic rings. The predicted molar refractivity (Wildman–Crippen MR) is 82.6 cm³/mol. The molecule has 0 saturated carbocycles. The van der Waals surface area contributed by atoms with Gasteiger partial charge in [0.25, 0.3) is 5.91 Å². The standard InChI is InChI=1S/C15H19N5O3/c1-11-10-12(18-23-11)14(21)19-6-3-7-20(9-8-19)15-16-5-4-13(17-15)22-2/h4-5,10H,3,6-9H2,1-2H3. The van der Waals surface area contributed by atoms with Crippen LogP contribution in [-0.2, 0) is 0 Å². The minimum absolute atomic E-state index is 0.102. The van der Waals surface area contributed by atoms with Crippen molar-refractivity contribution < 1.29 is 14.1 Å². The largest absolute Gasteiger partial charge is 0.481 e. The number of aryl methyl sites for hydroxylation is 1. The van der Waals surface area contributed by atoms with Crippen molar-refractivity contribution in [2.75, 3.05) is 38.2 Å². The summed E-state index contributed by atoms with van der Waals surface area (Å²) in [4.78, 5) is 24.9. The lowest BCUT2D eigenvalue weighted by atomic mass is 10.3. The molecule has 0 unspecified atom stereocenters. The molecule has 0 aliphatic carbocycles. The molecule has 0 atom stereocenters. The maximum absolute atomic E-state index is 12.4. The van der Waals surface area contributed by atoms with Crippen molar-refractivity contribution in [3.8, 4) is 5.88 Å². The zero-order valence-electron chi connectivity index (χ0n) is 13.2. The third-order valence-corrected chi connectivity index (χ3v) is 3.74. The van der Waals surface area contributed by atoms with Crippen molar-refractivity contribution in [1.82, 2.24) is 20.0 Å². The average molecular weight is 317 g/mol. The number of amides is 1. The molecule has 1 fully saturated rings. The van der Waals surface area contributed by atoms with Crippen molar-refractivity contribution in [2.45, 2.75) is 13.3 Å². The second-order valence-corrected chi connectivity index (χ2v) is 5.35. The Morgan fingerprint density at radius 2 is 2.17 bits per heavy atom. The highest BCUT2D eigenvalue weighted by atomic mass is 16.5. The topological polar surface area (TPSA) is 84.6 Å². The van der Waals surface area contributed by atoms with E-state index in [2.05, 4.69) is 20.0 Å². The van der Waals surface area contributed by atoms with Gasteiger partial charge in [0.15, 0.2) is 5.69 Å². The van der Waals surface area contributed by atoms with Gasteiger partial charge in [-0.25, -0.2) is 4.98 Å². The highest BCUT2D eigenvalue weighted by molar-refractivity contribution is 5.92. The minimum Gasteiger partial charge on any atom is -0.481 e. The van der Waals surface area contributed by atoms with Crippen LogP contribution < -0.4 is 9.64 Å². The molecule has 0 bridgehead atoms. The number of carbonyl (C=O) groups excluding carboxylic acids is 1. The number of rotatable bonds is 3. The van der Waals surface area contributed by atoms with Crippen LogP contribution in [-0.4, -0.2) is 59.2 Å². The van der Waals surface area contributed by atoms with Gasteiger partial charge in [-0.15, -0.1) is 0 Å². The smallest absolute Gasteiger partial charge is 0.276 e. The second kappa shape index (κ2) is 6.64. The van der Waals surface area contributed by atoms with E-state index in [0.717, 1.165) is 13.0 Å². The Morgan fingerprint density at radius 1 is 1.30 bits per heavy atom. The summed E-state index contributed by atoms with van der Waals surface area (Å²) < 4.78 is 10.1. The summed E-state index contributed by atoms with van der Waals surface area (Å²) in [6.45, 7) is 4.48. The third-order valence-electron chi connectivity index (χ3n) is 3.74. The van der Waals surface area contributed by atoms with Gasteiger partial charge < -0.3 is 19.1 Å². The van der Waals surface area contributed by atoms with Gasteiger partial charge in [-0.1, -0.05) is 5.16 Å². The average Bonchev–Trinajstić information content (AvgIpc) is 2.86. The van der Waals surface area contributed by atoms with E-state index in [0.29, 0.717) is 42.9 Å². The zero-order chi connectivity index (χ0) is 16.2.